The molecule has 0 fully saturated rings. The maximum atomic E-state index is 11.3. The normalized spacial score (nSPS) is 10.4. The van der Waals surface area contributed by atoms with E-state index in [4.69, 9.17) is 16.2 Å². The number of nitrogens with zero attached hydrogens (tertiary/aromatic N) is 1. The number of nitrogens with two attached hydrogens (primary N) is 2. The van der Waals surface area contributed by atoms with Gasteiger partial charge in [-0.05, 0) is 59.7 Å². The lowest BCUT2D eigenvalue weighted by Gasteiger charge is -2.25. The number of amides is 2. The minimum atomic E-state index is -0.446. The minimum absolute atomic E-state index is 0.446. The van der Waals surface area contributed by atoms with Gasteiger partial charge < -0.3 is 21.1 Å². The van der Waals surface area contributed by atoms with Crippen molar-refractivity contribution in [1.82, 2.24) is 0 Å². The first-order valence-corrected chi connectivity index (χ1v) is 9.13. The van der Waals surface area contributed by atoms with Crippen LogP contribution in [0.3, 0.4) is 0 Å². The van der Waals surface area contributed by atoms with Gasteiger partial charge in [0.1, 0.15) is 5.75 Å². The number of carbonyl (C=O) groups excluding carboxylic acids is 2. The number of ether oxygens (including phenoxy) is 1. The summed E-state index contributed by atoms with van der Waals surface area (Å²) in [5, 5.41) is 0. The van der Waals surface area contributed by atoms with E-state index in [1.807, 2.05) is 48.5 Å². The van der Waals surface area contributed by atoms with Gasteiger partial charge in [-0.1, -0.05) is 24.3 Å². The molecule has 0 unspecified atom stereocenters. The zero-order valence-electron chi connectivity index (χ0n) is 16.2. The van der Waals surface area contributed by atoms with Crippen molar-refractivity contribution in [3.63, 3.8) is 0 Å². The van der Waals surface area contributed by atoms with Crippen LogP contribution in [-0.2, 0) is 13.1 Å². The van der Waals surface area contributed by atoms with E-state index >= 15 is 0 Å². The molecule has 0 spiro atoms. The van der Waals surface area contributed by atoms with Crippen LogP contribution in [0.4, 0.5) is 5.69 Å². The summed E-state index contributed by atoms with van der Waals surface area (Å²) in [6, 6.07) is 22.3. The fourth-order valence-corrected chi connectivity index (χ4v) is 3.02. The number of hydrogen-bond acceptors (Lipinski definition) is 4. The molecule has 0 aliphatic carbocycles. The Bertz CT molecular complexity index is 922. The number of primary amides is 2. The molecule has 0 aliphatic rings. The second kappa shape index (κ2) is 8.93. The molecule has 6 nitrogen and oxygen atoms in total. The Morgan fingerprint density at radius 2 is 1.14 bits per heavy atom. The smallest absolute Gasteiger partial charge is 0.248 e. The fourth-order valence-electron chi connectivity index (χ4n) is 3.02. The monoisotopic (exact) mass is 389 g/mol. The van der Waals surface area contributed by atoms with Gasteiger partial charge in [0.05, 0.1) is 7.11 Å². The zero-order chi connectivity index (χ0) is 20.8. The first-order valence-electron chi connectivity index (χ1n) is 9.13. The number of hydrogen-bond donors (Lipinski definition) is 2. The van der Waals surface area contributed by atoms with Gasteiger partial charge in [0.25, 0.3) is 0 Å². The molecule has 2 amide bonds. The highest BCUT2D eigenvalue weighted by molar-refractivity contribution is 5.93. The van der Waals surface area contributed by atoms with E-state index in [0.29, 0.717) is 24.2 Å². The first kappa shape index (κ1) is 19.9. The lowest BCUT2D eigenvalue weighted by Crippen LogP contribution is -2.22. The fraction of sp³-hybridized carbons (Fsp3) is 0.130. The van der Waals surface area contributed by atoms with Crippen LogP contribution in [-0.4, -0.2) is 18.9 Å². The molecular formula is C23H23N3O3. The maximum Gasteiger partial charge on any atom is 0.248 e. The van der Waals surface area contributed by atoms with Crippen molar-refractivity contribution in [2.24, 2.45) is 11.5 Å². The summed E-state index contributed by atoms with van der Waals surface area (Å²) in [4.78, 5) is 24.8. The van der Waals surface area contributed by atoms with Gasteiger partial charge in [-0.2, -0.15) is 0 Å². The largest absolute Gasteiger partial charge is 0.497 e. The lowest BCUT2D eigenvalue weighted by molar-refractivity contribution is 0.0992. The van der Waals surface area contributed by atoms with Gasteiger partial charge in [0.15, 0.2) is 0 Å². The molecular weight excluding hydrogens is 366 g/mol. The summed E-state index contributed by atoms with van der Waals surface area (Å²) in [6.45, 7) is 1.26. The average Bonchev–Trinajstić information content (AvgIpc) is 2.74. The summed E-state index contributed by atoms with van der Waals surface area (Å²) in [6.07, 6.45) is 0. The Morgan fingerprint density at radius 1 is 0.724 bits per heavy atom. The molecule has 0 radical (unpaired) electrons. The summed E-state index contributed by atoms with van der Waals surface area (Å²) in [7, 11) is 1.63. The highest BCUT2D eigenvalue weighted by Crippen LogP contribution is 2.23. The molecule has 29 heavy (non-hydrogen) atoms. The van der Waals surface area contributed by atoms with E-state index < -0.39 is 11.8 Å². The number of benzene rings is 3. The zero-order valence-corrected chi connectivity index (χ0v) is 16.2. The first-order chi connectivity index (χ1) is 14.0. The van der Waals surface area contributed by atoms with Gasteiger partial charge >= 0.3 is 0 Å². The van der Waals surface area contributed by atoms with Gasteiger partial charge in [-0.25, -0.2) is 0 Å². The van der Waals surface area contributed by atoms with Crippen LogP contribution < -0.4 is 21.1 Å². The summed E-state index contributed by atoms with van der Waals surface area (Å²) in [5.41, 5.74) is 14.7. The van der Waals surface area contributed by atoms with E-state index in [1.165, 1.54) is 0 Å². The van der Waals surface area contributed by atoms with Gasteiger partial charge in [0.2, 0.25) is 11.8 Å². The summed E-state index contributed by atoms with van der Waals surface area (Å²) < 4.78 is 5.25. The maximum absolute atomic E-state index is 11.3. The van der Waals surface area contributed by atoms with Crippen LogP contribution in [0, 0.1) is 0 Å². The van der Waals surface area contributed by atoms with E-state index in [1.54, 1.807) is 31.4 Å². The van der Waals surface area contributed by atoms with Crippen LogP contribution in [0.15, 0.2) is 72.8 Å². The van der Waals surface area contributed by atoms with Crippen LogP contribution in [0.1, 0.15) is 31.8 Å². The molecule has 0 saturated heterocycles. The van der Waals surface area contributed by atoms with Crippen LogP contribution >= 0.6 is 0 Å². The van der Waals surface area contributed by atoms with Crippen molar-refractivity contribution in [2.75, 3.05) is 12.0 Å². The summed E-state index contributed by atoms with van der Waals surface area (Å²) >= 11 is 0. The Morgan fingerprint density at radius 3 is 1.48 bits per heavy atom. The van der Waals surface area contributed by atoms with E-state index in [9.17, 15) is 9.59 Å². The molecule has 148 valence electrons. The van der Waals surface area contributed by atoms with Crippen LogP contribution in [0.25, 0.3) is 0 Å². The van der Waals surface area contributed by atoms with Crippen molar-refractivity contribution in [2.45, 2.75) is 13.1 Å². The Hall–Kier alpha value is -3.80. The second-order valence-electron chi connectivity index (χ2n) is 6.68. The molecule has 0 aliphatic heterocycles. The molecule has 4 N–H and O–H groups in total. The third-order valence-electron chi connectivity index (χ3n) is 4.66. The minimum Gasteiger partial charge on any atom is -0.497 e. The highest BCUT2D eigenvalue weighted by atomic mass is 16.5. The average molecular weight is 389 g/mol. The molecule has 0 heterocycles. The predicted octanol–water partition coefficient (Wildman–Crippen LogP) is 3.10. The molecule has 0 aromatic heterocycles. The number of anilines is 1. The topological polar surface area (TPSA) is 98.7 Å². The molecule has 0 atom stereocenters. The lowest BCUT2D eigenvalue weighted by atomic mass is 10.1. The van der Waals surface area contributed by atoms with E-state index in [2.05, 4.69) is 4.90 Å². The van der Waals surface area contributed by atoms with Gasteiger partial charge in [0, 0.05) is 29.9 Å². The van der Waals surface area contributed by atoms with E-state index in [0.717, 1.165) is 22.6 Å². The molecule has 0 bridgehead atoms. The van der Waals surface area contributed by atoms with Crippen molar-refractivity contribution in [3.05, 3.63) is 95.1 Å². The third-order valence-corrected chi connectivity index (χ3v) is 4.66. The third kappa shape index (κ3) is 5.13. The molecule has 6 heteroatoms. The molecule has 3 aromatic carbocycles. The van der Waals surface area contributed by atoms with Crippen LogP contribution in [0.5, 0.6) is 5.75 Å². The van der Waals surface area contributed by atoms with Crippen molar-refractivity contribution >= 4 is 17.5 Å². The second-order valence-corrected chi connectivity index (χ2v) is 6.68. The predicted molar refractivity (Wildman–Crippen MR) is 113 cm³/mol. The van der Waals surface area contributed by atoms with Crippen LogP contribution in [0.2, 0.25) is 0 Å². The molecule has 3 rings (SSSR count). The number of methoxy groups -OCH3 is 1. The van der Waals surface area contributed by atoms with Gasteiger partial charge in [-0.15, -0.1) is 0 Å². The number of carbonyl (C=O) groups is 2. The SMILES string of the molecule is COc1ccc(N(Cc2ccc(C(N)=O)cc2)Cc2ccc(C(N)=O)cc2)cc1. The summed E-state index contributed by atoms with van der Waals surface area (Å²) in [5.74, 6) is -0.110. The van der Waals surface area contributed by atoms with Crippen molar-refractivity contribution in [3.8, 4) is 5.75 Å². The quantitative estimate of drug-likeness (QED) is 0.618. The Labute approximate surface area is 169 Å². The molecule has 0 saturated carbocycles. The molecule has 3 aromatic rings. The Balaban J connectivity index is 1.85. The van der Waals surface area contributed by atoms with Gasteiger partial charge in [-0.3, -0.25) is 9.59 Å². The van der Waals surface area contributed by atoms with Crippen molar-refractivity contribution in [1.29, 1.82) is 0 Å². The Kier molecular flexibility index (Phi) is 6.14. The van der Waals surface area contributed by atoms with E-state index in [-0.39, 0.29) is 0 Å². The van der Waals surface area contributed by atoms with Crippen molar-refractivity contribution < 1.29 is 14.3 Å². The standard InChI is InChI=1S/C23H23N3O3/c1-29-21-12-10-20(11-13-21)26(14-16-2-6-18(7-3-16)22(24)27)15-17-4-8-19(9-5-17)23(25)28/h2-13H,14-15H2,1H3,(H2,24,27)(H2,25,28). The highest BCUT2D eigenvalue weighted by Gasteiger charge is 2.11. The number of rotatable bonds is 8.